The van der Waals surface area contributed by atoms with Gasteiger partial charge >= 0.3 is 0 Å². The topological polar surface area (TPSA) is 49.8 Å². The fraction of sp³-hybridized carbons (Fsp3) is 0.462. The van der Waals surface area contributed by atoms with Crippen LogP contribution in [0.4, 0.5) is 0 Å². The fourth-order valence-electron chi connectivity index (χ4n) is 2.02. The molecule has 0 bridgehead atoms. The SMILES string of the molecule is O=C([C@@H](CO)c1ccccc1)N1CCOCC1. The van der Waals surface area contributed by atoms with Gasteiger partial charge in [-0.05, 0) is 5.56 Å². The van der Waals surface area contributed by atoms with E-state index in [1.807, 2.05) is 30.3 Å². The summed E-state index contributed by atoms with van der Waals surface area (Å²) in [6.45, 7) is 2.24. The van der Waals surface area contributed by atoms with Gasteiger partial charge in [-0.25, -0.2) is 0 Å². The molecule has 1 aliphatic rings. The predicted molar refractivity (Wildman–Crippen MR) is 63.7 cm³/mol. The van der Waals surface area contributed by atoms with Gasteiger partial charge in [0, 0.05) is 13.1 Å². The van der Waals surface area contributed by atoms with Crippen LogP contribution in [0.5, 0.6) is 0 Å². The quantitative estimate of drug-likeness (QED) is 0.835. The second-order valence-corrected chi connectivity index (χ2v) is 4.08. The van der Waals surface area contributed by atoms with Gasteiger partial charge in [0.25, 0.3) is 0 Å². The van der Waals surface area contributed by atoms with Crippen molar-refractivity contribution in [2.24, 2.45) is 0 Å². The number of hydrogen-bond acceptors (Lipinski definition) is 3. The summed E-state index contributed by atoms with van der Waals surface area (Å²) < 4.78 is 5.21. The maximum Gasteiger partial charge on any atom is 0.232 e. The summed E-state index contributed by atoms with van der Waals surface area (Å²) in [6.07, 6.45) is 0. The standard InChI is InChI=1S/C13H17NO3/c15-10-12(11-4-2-1-3-5-11)13(16)14-6-8-17-9-7-14/h1-5,12,15H,6-10H2/t12-/m0/s1. The van der Waals surface area contributed by atoms with Crippen LogP contribution in [0, 0.1) is 0 Å². The molecule has 0 unspecified atom stereocenters. The largest absolute Gasteiger partial charge is 0.395 e. The zero-order valence-electron chi connectivity index (χ0n) is 9.71. The first-order valence-electron chi connectivity index (χ1n) is 5.85. The molecule has 0 aromatic heterocycles. The van der Waals surface area contributed by atoms with Crippen LogP contribution < -0.4 is 0 Å². The van der Waals surface area contributed by atoms with E-state index in [9.17, 15) is 9.90 Å². The minimum Gasteiger partial charge on any atom is -0.395 e. The van der Waals surface area contributed by atoms with E-state index in [1.54, 1.807) is 4.90 Å². The van der Waals surface area contributed by atoms with Gasteiger partial charge in [-0.15, -0.1) is 0 Å². The Morgan fingerprint density at radius 2 is 1.94 bits per heavy atom. The van der Waals surface area contributed by atoms with Crippen LogP contribution in [-0.2, 0) is 9.53 Å². The summed E-state index contributed by atoms with van der Waals surface area (Å²) in [5.74, 6) is -0.462. The molecule has 0 aliphatic carbocycles. The van der Waals surface area contributed by atoms with Crippen molar-refractivity contribution in [2.45, 2.75) is 5.92 Å². The maximum absolute atomic E-state index is 12.2. The second-order valence-electron chi connectivity index (χ2n) is 4.08. The van der Waals surface area contributed by atoms with Crippen LogP contribution in [0.25, 0.3) is 0 Å². The lowest BCUT2D eigenvalue weighted by Gasteiger charge is -2.30. The number of ether oxygens (including phenoxy) is 1. The number of carbonyl (C=O) groups excluding carboxylic acids is 1. The van der Waals surface area contributed by atoms with Gasteiger partial charge in [-0.2, -0.15) is 0 Å². The van der Waals surface area contributed by atoms with Gasteiger partial charge in [0.05, 0.1) is 25.7 Å². The summed E-state index contributed by atoms with van der Waals surface area (Å²) in [4.78, 5) is 14.0. The highest BCUT2D eigenvalue weighted by Crippen LogP contribution is 2.18. The number of aliphatic hydroxyl groups is 1. The van der Waals surface area contributed by atoms with E-state index in [-0.39, 0.29) is 12.5 Å². The van der Waals surface area contributed by atoms with Gasteiger partial charge in [-0.3, -0.25) is 4.79 Å². The Hall–Kier alpha value is -1.39. The minimum atomic E-state index is -0.450. The molecule has 1 aromatic carbocycles. The number of rotatable bonds is 3. The predicted octanol–water partition coefficient (Wildman–Crippen LogP) is 0.621. The molecule has 1 aliphatic heterocycles. The van der Waals surface area contributed by atoms with Crippen LogP contribution in [-0.4, -0.2) is 48.8 Å². The van der Waals surface area contributed by atoms with Crippen molar-refractivity contribution in [2.75, 3.05) is 32.9 Å². The number of morpholine rings is 1. The second kappa shape index (κ2) is 5.80. The Kier molecular flexibility index (Phi) is 4.12. The summed E-state index contributed by atoms with van der Waals surface area (Å²) >= 11 is 0. The lowest BCUT2D eigenvalue weighted by atomic mass is 9.98. The van der Waals surface area contributed by atoms with Crippen molar-refractivity contribution in [3.63, 3.8) is 0 Å². The monoisotopic (exact) mass is 235 g/mol. The number of nitrogens with zero attached hydrogens (tertiary/aromatic N) is 1. The molecule has 1 saturated heterocycles. The summed E-state index contributed by atoms with van der Waals surface area (Å²) in [6, 6.07) is 9.41. The van der Waals surface area contributed by atoms with Crippen molar-refractivity contribution in [3.05, 3.63) is 35.9 Å². The molecule has 92 valence electrons. The number of aliphatic hydroxyl groups excluding tert-OH is 1. The first-order valence-corrected chi connectivity index (χ1v) is 5.85. The van der Waals surface area contributed by atoms with Crippen LogP contribution >= 0.6 is 0 Å². The minimum absolute atomic E-state index is 0.0120. The van der Waals surface area contributed by atoms with Crippen LogP contribution in [0.3, 0.4) is 0 Å². The molecular formula is C13H17NO3. The number of benzene rings is 1. The fourth-order valence-corrected chi connectivity index (χ4v) is 2.02. The third kappa shape index (κ3) is 2.84. The van der Waals surface area contributed by atoms with Gasteiger partial charge in [0.2, 0.25) is 5.91 Å². The Balaban J connectivity index is 2.10. The van der Waals surface area contributed by atoms with E-state index in [1.165, 1.54) is 0 Å². The normalized spacial score (nSPS) is 17.8. The third-order valence-corrected chi connectivity index (χ3v) is 3.01. The number of hydrogen-bond donors (Lipinski definition) is 1. The molecule has 17 heavy (non-hydrogen) atoms. The molecule has 0 spiro atoms. The van der Waals surface area contributed by atoms with E-state index in [0.717, 1.165) is 5.56 Å². The van der Waals surface area contributed by atoms with Gasteiger partial charge in [0.1, 0.15) is 0 Å². The third-order valence-electron chi connectivity index (χ3n) is 3.01. The molecule has 1 fully saturated rings. The van der Waals surface area contributed by atoms with Gasteiger partial charge < -0.3 is 14.7 Å². The maximum atomic E-state index is 12.2. The molecule has 1 aromatic rings. The number of carbonyl (C=O) groups is 1. The van der Waals surface area contributed by atoms with Crippen molar-refractivity contribution in [3.8, 4) is 0 Å². The Labute approximate surface area is 101 Å². The molecule has 4 heteroatoms. The van der Waals surface area contributed by atoms with Gasteiger partial charge in [0.15, 0.2) is 0 Å². The molecule has 4 nitrogen and oxygen atoms in total. The van der Waals surface area contributed by atoms with E-state index in [0.29, 0.717) is 26.3 Å². The molecule has 2 rings (SSSR count). The van der Waals surface area contributed by atoms with Gasteiger partial charge in [-0.1, -0.05) is 30.3 Å². The molecule has 0 radical (unpaired) electrons. The highest BCUT2D eigenvalue weighted by Gasteiger charge is 2.26. The summed E-state index contributed by atoms with van der Waals surface area (Å²) in [5, 5.41) is 9.40. The average molecular weight is 235 g/mol. The highest BCUT2D eigenvalue weighted by molar-refractivity contribution is 5.84. The molecule has 1 amide bonds. The Morgan fingerprint density at radius 3 is 2.53 bits per heavy atom. The Morgan fingerprint density at radius 1 is 1.29 bits per heavy atom. The Bertz CT molecular complexity index is 360. The smallest absolute Gasteiger partial charge is 0.232 e. The van der Waals surface area contributed by atoms with E-state index in [2.05, 4.69) is 0 Å². The van der Waals surface area contributed by atoms with E-state index in [4.69, 9.17) is 4.74 Å². The van der Waals surface area contributed by atoms with Crippen LogP contribution in [0.2, 0.25) is 0 Å². The first kappa shape index (κ1) is 12.1. The molecule has 0 saturated carbocycles. The molecular weight excluding hydrogens is 218 g/mol. The number of amides is 1. The van der Waals surface area contributed by atoms with Crippen molar-refractivity contribution in [1.82, 2.24) is 4.90 Å². The molecule has 1 atom stereocenters. The van der Waals surface area contributed by atoms with Crippen molar-refractivity contribution < 1.29 is 14.6 Å². The summed E-state index contributed by atoms with van der Waals surface area (Å²) in [5.41, 5.74) is 0.867. The summed E-state index contributed by atoms with van der Waals surface area (Å²) in [7, 11) is 0. The zero-order valence-corrected chi connectivity index (χ0v) is 9.71. The molecule has 1 N–H and O–H groups in total. The van der Waals surface area contributed by atoms with Crippen molar-refractivity contribution in [1.29, 1.82) is 0 Å². The lowest BCUT2D eigenvalue weighted by Crippen LogP contribution is -2.43. The lowest BCUT2D eigenvalue weighted by molar-refractivity contribution is -0.137. The van der Waals surface area contributed by atoms with Crippen LogP contribution in [0.1, 0.15) is 11.5 Å². The van der Waals surface area contributed by atoms with Crippen molar-refractivity contribution >= 4 is 5.91 Å². The first-order chi connectivity index (χ1) is 8.33. The van der Waals surface area contributed by atoms with E-state index < -0.39 is 5.92 Å². The average Bonchev–Trinajstić information content (AvgIpc) is 2.42. The zero-order chi connectivity index (χ0) is 12.1. The van der Waals surface area contributed by atoms with E-state index >= 15 is 0 Å². The highest BCUT2D eigenvalue weighted by atomic mass is 16.5. The van der Waals surface area contributed by atoms with Crippen LogP contribution in [0.15, 0.2) is 30.3 Å². The molecule has 1 heterocycles.